The van der Waals surface area contributed by atoms with Gasteiger partial charge in [-0.2, -0.15) is 0 Å². The maximum absolute atomic E-state index is 13.4. The Morgan fingerprint density at radius 1 is 1.55 bits per heavy atom. The molecule has 2 unspecified atom stereocenters. The number of anilines is 1. The molecule has 9 nitrogen and oxygen atoms in total. The first kappa shape index (κ1) is 15.6. The van der Waals surface area contributed by atoms with Crippen molar-refractivity contribution in [2.24, 2.45) is 5.11 Å². The van der Waals surface area contributed by atoms with Crippen molar-refractivity contribution in [1.82, 2.24) is 0 Å². The predicted octanol–water partition coefficient (Wildman–Crippen LogP) is 1.41. The van der Waals surface area contributed by atoms with Crippen LogP contribution in [-0.2, 0) is 0 Å². The van der Waals surface area contributed by atoms with Crippen LogP contribution in [0.25, 0.3) is 10.4 Å². The van der Waals surface area contributed by atoms with Crippen molar-refractivity contribution in [3.63, 3.8) is 0 Å². The third-order valence-corrected chi connectivity index (χ3v) is 2.62. The first-order chi connectivity index (χ1) is 9.38. The van der Waals surface area contributed by atoms with E-state index in [0.29, 0.717) is 0 Å². The Balaban J connectivity index is 3.01. The molecule has 0 heterocycles. The summed E-state index contributed by atoms with van der Waals surface area (Å²) in [6, 6.07) is 1.70. The first-order valence-corrected chi connectivity index (χ1v) is 5.48. The average molecular weight is 285 g/mol. The van der Waals surface area contributed by atoms with Gasteiger partial charge in [-0.15, -0.1) is 0 Å². The van der Waals surface area contributed by atoms with Gasteiger partial charge >= 0.3 is 0 Å². The zero-order valence-electron chi connectivity index (χ0n) is 10.2. The van der Waals surface area contributed by atoms with Gasteiger partial charge in [0.05, 0.1) is 11.0 Å². The smallest absolute Gasteiger partial charge is 0.295 e. The molecule has 0 radical (unpaired) electrons. The van der Waals surface area contributed by atoms with Gasteiger partial charge in [0.2, 0.25) is 0 Å². The SMILES string of the molecule is [N-]=[N+]=NCCC(O)C(O)c1cc(F)c(N)c([N+](=O)[O-])c1. The lowest BCUT2D eigenvalue weighted by molar-refractivity contribution is -0.384. The molecule has 0 fully saturated rings. The number of hydrogen-bond donors (Lipinski definition) is 3. The van der Waals surface area contributed by atoms with Crippen LogP contribution in [0.1, 0.15) is 18.1 Å². The van der Waals surface area contributed by atoms with E-state index in [0.717, 1.165) is 12.1 Å². The molecule has 0 aliphatic carbocycles. The second-order valence-electron chi connectivity index (χ2n) is 3.95. The third kappa shape index (κ3) is 3.54. The summed E-state index contributed by atoms with van der Waals surface area (Å²) < 4.78 is 13.4. The molecule has 2 atom stereocenters. The molecule has 0 aromatic heterocycles. The summed E-state index contributed by atoms with van der Waals surface area (Å²) >= 11 is 0. The van der Waals surface area contributed by atoms with Crippen LogP contribution in [0.2, 0.25) is 0 Å². The molecule has 0 spiro atoms. The lowest BCUT2D eigenvalue weighted by Gasteiger charge is -2.17. The third-order valence-electron chi connectivity index (χ3n) is 2.62. The fraction of sp³-hybridized carbons (Fsp3) is 0.400. The zero-order valence-corrected chi connectivity index (χ0v) is 10.2. The number of hydrogen-bond acceptors (Lipinski definition) is 6. The van der Waals surface area contributed by atoms with Crippen molar-refractivity contribution in [3.8, 4) is 0 Å². The van der Waals surface area contributed by atoms with Gasteiger partial charge in [-0.3, -0.25) is 10.1 Å². The molecule has 0 aliphatic rings. The normalized spacial score (nSPS) is 13.3. The monoisotopic (exact) mass is 285 g/mol. The number of nitro groups is 1. The van der Waals surface area contributed by atoms with Crippen LogP contribution >= 0.6 is 0 Å². The molecule has 0 bridgehead atoms. The van der Waals surface area contributed by atoms with Crippen LogP contribution in [0.15, 0.2) is 17.2 Å². The van der Waals surface area contributed by atoms with Gasteiger partial charge in [0.25, 0.3) is 5.69 Å². The molecule has 108 valence electrons. The number of halogens is 1. The maximum atomic E-state index is 13.4. The van der Waals surface area contributed by atoms with Gasteiger partial charge < -0.3 is 15.9 Å². The van der Waals surface area contributed by atoms with Crippen molar-refractivity contribution in [1.29, 1.82) is 0 Å². The first-order valence-electron chi connectivity index (χ1n) is 5.48. The molecule has 10 heteroatoms. The van der Waals surface area contributed by atoms with Crippen LogP contribution in [0, 0.1) is 15.9 Å². The molecule has 0 amide bonds. The number of aliphatic hydroxyl groups excluding tert-OH is 2. The number of benzene rings is 1. The van der Waals surface area contributed by atoms with E-state index < -0.39 is 34.3 Å². The lowest BCUT2D eigenvalue weighted by atomic mass is 10.0. The van der Waals surface area contributed by atoms with E-state index in [1.807, 2.05) is 0 Å². The van der Waals surface area contributed by atoms with Gasteiger partial charge in [0.15, 0.2) is 5.82 Å². The van der Waals surface area contributed by atoms with Crippen molar-refractivity contribution >= 4 is 11.4 Å². The van der Waals surface area contributed by atoms with Crippen molar-refractivity contribution in [2.45, 2.75) is 18.6 Å². The van der Waals surface area contributed by atoms with E-state index >= 15 is 0 Å². The molecule has 0 saturated carbocycles. The van der Waals surface area contributed by atoms with Gasteiger partial charge in [-0.1, -0.05) is 5.11 Å². The van der Waals surface area contributed by atoms with Crippen molar-refractivity contribution < 1.29 is 19.5 Å². The number of rotatable bonds is 6. The van der Waals surface area contributed by atoms with E-state index in [2.05, 4.69) is 10.0 Å². The van der Waals surface area contributed by atoms with E-state index in [1.54, 1.807) is 0 Å². The Kier molecular flexibility index (Phi) is 5.21. The van der Waals surface area contributed by atoms with Crippen LogP contribution < -0.4 is 5.73 Å². The predicted molar refractivity (Wildman–Crippen MR) is 67.1 cm³/mol. The standard InChI is InChI=1S/C10H12FN5O4/c11-6-3-5(4-7(9(6)12)16(19)20)10(18)8(17)1-2-14-15-13/h3-4,8,10,17-18H,1-2,12H2. The second-order valence-corrected chi connectivity index (χ2v) is 3.95. The summed E-state index contributed by atoms with van der Waals surface area (Å²) in [4.78, 5) is 12.3. The zero-order chi connectivity index (χ0) is 15.3. The number of nitrogens with zero attached hydrogens (tertiary/aromatic N) is 4. The van der Waals surface area contributed by atoms with E-state index in [1.165, 1.54) is 0 Å². The molecule has 0 aliphatic heterocycles. The van der Waals surface area contributed by atoms with E-state index in [9.17, 15) is 24.7 Å². The van der Waals surface area contributed by atoms with Gasteiger partial charge in [-0.05, 0) is 23.6 Å². The highest BCUT2D eigenvalue weighted by Crippen LogP contribution is 2.30. The fourth-order valence-electron chi connectivity index (χ4n) is 1.56. The minimum Gasteiger partial charge on any atom is -0.391 e. The topological polar surface area (TPSA) is 158 Å². The molecule has 20 heavy (non-hydrogen) atoms. The molecule has 1 aromatic carbocycles. The number of azide groups is 1. The molecule has 4 N–H and O–H groups in total. The highest BCUT2D eigenvalue weighted by molar-refractivity contribution is 5.60. The number of nitrogens with two attached hydrogens (primary N) is 1. The maximum Gasteiger partial charge on any atom is 0.295 e. The van der Waals surface area contributed by atoms with Crippen molar-refractivity contribution in [2.75, 3.05) is 12.3 Å². The molecule has 1 aromatic rings. The lowest BCUT2D eigenvalue weighted by Crippen LogP contribution is -2.19. The van der Waals surface area contributed by atoms with E-state index in [4.69, 9.17) is 11.3 Å². The Morgan fingerprint density at radius 2 is 2.20 bits per heavy atom. The number of nitro benzene ring substituents is 1. The van der Waals surface area contributed by atoms with Crippen LogP contribution in [-0.4, -0.2) is 27.8 Å². The molecule has 0 saturated heterocycles. The van der Waals surface area contributed by atoms with Crippen LogP contribution in [0.5, 0.6) is 0 Å². The summed E-state index contributed by atoms with van der Waals surface area (Å²) in [6.45, 7) is -0.0751. The quantitative estimate of drug-likeness (QED) is 0.180. The highest BCUT2D eigenvalue weighted by atomic mass is 19.1. The minimum atomic E-state index is -1.56. The minimum absolute atomic E-state index is 0.0751. The second kappa shape index (κ2) is 6.66. The Bertz CT molecular complexity index is 561. The average Bonchev–Trinajstić information content (AvgIpc) is 2.40. The van der Waals surface area contributed by atoms with Crippen LogP contribution in [0.3, 0.4) is 0 Å². The molecular weight excluding hydrogens is 273 g/mol. The summed E-state index contributed by atoms with van der Waals surface area (Å²) in [7, 11) is 0. The van der Waals surface area contributed by atoms with Gasteiger partial charge in [-0.25, -0.2) is 4.39 Å². The Hall–Kier alpha value is -2.42. The molecular formula is C10H12FN5O4. The van der Waals surface area contributed by atoms with Gasteiger partial charge in [0, 0.05) is 17.5 Å². The number of nitrogen functional groups attached to an aromatic ring is 1. The van der Waals surface area contributed by atoms with Crippen molar-refractivity contribution in [3.05, 3.63) is 44.1 Å². The van der Waals surface area contributed by atoms with Crippen LogP contribution in [0.4, 0.5) is 15.8 Å². The highest BCUT2D eigenvalue weighted by Gasteiger charge is 2.24. The molecule has 1 rings (SSSR count). The number of aliphatic hydroxyl groups is 2. The summed E-state index contributed by atoms with van der Waals surface area (Å²) in [6.07, 6.45) is -2.99. The Labute approximate surface area is 112 Å². The fourth-order valence-corrected chi connectivity index (χ4v) is 1.56. The van der Waals surface area contributed by atoms with E-state index in [-0.39, 0.29) is 18.5 Å². The largest absolute Gasteiger partial charge is 0.391 e. The summed E-state index contributed by atoms with van der Waals surface area (Å²) in [5.74, 6) is -1.06. The van der Waals surface area contributed by atoms with Gasteiger partial charge in [0.1, 0.15) is 11.8 Å². The summed E-state index contributed by atoms with van der Waals surface area (Å²) in [5.41, 5.74) is 11.8. The summed E-state index contributed by atoms with van der Waals surface area (Å²) in [5, 5.41) is 33.3. The Morgan fingerprint density at radius 3 is 2.75 bits per heavy atom.